The summed E-state index contributed by atoms with van der Waals surface area (Å²) in [7, 11) is 0. The van der Waals surface area contributed by atoms with Crippen LogP contribution >= 0.6 is 0 Å². The van der Waals surface area contributed by atoms with Crippen LogP contribution in [0.25, 0.3) is 5.57 Å². The van der Waals surface area contributed by atoms with Gasteiger partial charge in [0.05, 0.1) is 0 Å². The first-order chi connectivity index (χ1) is 13.1. The van der Waals surface area contributed by atoms with Gasteiger partial charge in [0.15, 0.2) is 11.6 Å². The zero-order valence-corrected chi connectivity index (χ0v) is 15.3. The molecule has 1 fully saturated rings. The highest BCUT2D eigenvalue weighted by molar-refractivity contribution is 5.88. The van der Waals surface area contributed by atoms with Crippen molar-refractivity contribution in [2.45, 2.75) is 31.5 Å². The number of benzene rings is 1. The van der Waals surface area contributed by atoms with Crippen molar-refractivity contribution in [1.29, 1.82) is 0 Å². The smallest absolute Gasteiger partial charge is 0.195 e. The van der Waals surface area contributed by atoms with Crippen molar-refractivity contribution in [1.82, 2.24) is 20.2 Å². The molecular formula is C20H25N7. The number of hydrogen-bond donors (Lipinski definition) is 3. The Hall–Kier alpha value is -2.77. The van der Waals surface area contributed by atoms with Gasteiger partial charge in [-0.15, -0.1) is 0 Å². The number of likely N-dealkylation sites (tertiary alicyclic amines) is 1. The molecule has 7 nitrogen and oxygen atoms in total. The SMILES string of the molecule is NC1=NC(N)(c2cccc(CN3CCCCC3)c2)C(c2cncnc2)=CN1. The highest BCUT2D eigenvalue weighted by atomic mass is 15.2. The topological polar surface area (TPSA) is 105 Å². The third kappa shape index (κ3) is 3.70. The Morgan fingerprint density at radius 2 is 1.89 bits per heavy atom. The molecule has 1 atom stereocenters. The molecule has 1 unspecified atom stereocenters. The van der Waals surface area contributed by atoms with Gasteiger partial charge in [0, 0.05) is 36.3 Å². The van der Waals surface area contributed by atoms with Crippen LogP contribution in [0, 0.1) is 0 Å². The van der Waals surface area contributed by atoms with E-state index in [2.05, 4.69) is 37.3 Å². The number of aromatic nitrogens is 2. The Morgan fingerprint density at radius 1 is 1.11 bits per heavy atom. The van der Waals surface area contributed by atoms with Gasteiger partial charge in [-0.05, 0) is 37.1 Å². The quantitative estimate of drug-likeness (QED) is 0.761. The predicted octanol–water partition coefficient (Wildman–Crippen LogP) is 1.53. The molecule has 0 bridgehead atoms. The summed E-state index contributed by atoms with van der Waals surface area (Å²) in [5.41, 5.74) is 15.4. The van der Waals surface area contributed by atoms with E-state index in [-0.39, 0.29) is 0 Å². The van der Waals surface area contributed by atoms with Crippen LogP contribution in [0.1, 0.15) is 36.0 Å². The predicted molar refractivity (Wildman–Crippen MR) is 106 cm³/mol. The molecule has 2 aliphatic heterocycles. The largest absolute Gasteiger partial charge is 0.370 e. The molecule has 0 aliphatic carbocycles. The lowest BCUT2D eigenvalue weighted by atomic mass is 9.87. The average Bonchev–Trinajstić information content (AvgIpc) is 2.70. The summed E-state index contributed by atoms with van der Waals surface area (Å²) >= 11 is 0. The van der Waals surface area contributed by atoms with Crippen molar-refractivity contribution in [2.75, 3.05) is 13.1 Å². The lowest BCUT2D eigenvalue weighted by Gasteiger charge is -2.33. The molecule has 0 amide bonds. The number of piperidine rings is 1. The Bertz CT molecular complexity index is 856. The van der Waals surface area contributed by atoms with Crippen LogP contribution in [-0.4, -0.2) is 33.9 Å². The number of nitrogens with zero attached hydrogens (tertiary/aromatic N) is 4. The Labute approximate surface area is 159 Å². The highest BCUT2D eigenvalue weighted by Gasteiger charge is 2.35. The molecular weight excluding hydrogens is 338 g/mol. The van der Waals surface area contributed by atoms with Gasteiger partial charge in [0.1, 0.15) is 6.33 Å². The standard InChI is InChI=1S/C20H25N7/c21-19-25-12-18(16-10-23-14-24-11-16)20(22,26-19)17-6-4-5-15(9-17)13-27-7-2-1-3-8-27/h4-6,9-12,14H,1-3,7-8,13,22H2,(H3,21,25,26). The van der Waals surface area contributed by atoms with Crippen LogP contribution in [0.3, 0.4) is 0 Å². The van der Waals surface area contributed by atoms with E-state index >= 15 is 0 Å². The lowest BCUT2D eigenvalue weighted by Crippen LogP contribution is -2.45. The number of rotatable bonds is 4. The number of hydrogen-bond acceptors (Lipinski definition) is 7. The van der Waals surface area contributed by atoms with E-state index in [9.17, 15) is 0 Å². The summed E-state index contributed by atoms with van der Waals surface area (Å²) < 4.78 is 0. The first-order valence-electron chi connectivity index (χ1n) is 9.34. The van der Waals surface area contributed by atoms with E-state index in [1.54, 1.807) is 18.6 Å². The molecule has 1 saturated heterocycles. The summed E-state index contributed by atoms with van der Waals surface area (Å²) in [4.78, 5) is 15.3. The molecule has 0 radical (unpaired) electrons. The molecule has 0 spiro atoms. The van der Waals surface area contributed by atoms with Gasteiger partial charge in [-0.25, -0.2) is 15.0 Å². The second-order valence-corrected chi connectivity index (χ2v) is 7.13. The van der Waals surface area contributed by atoms with Crippen LogP contribution in [0.5, 0.6) is 0 Å². The van der Waals surface area contributed by atoms with Crippen LogP contribution in [-0.2, 0) is 12.2 Å². The Morgan fingerprint density at radius 3 is 2.67 bits per heavy atom. The van der Waals surface area contributed by atoms with E-state index in [1.165, 1.54) is 31.2 Å². The van der Waals surface area contributed by atoms with E-state index in [0.29, 0.717) is 5.96 Å². The molecule has 1 aromatic heterocycles. The Balaban J connectivity index is 1.67. The second kappa shape index (κ2) is 7.46. The Kier molecular flexibility index (Phi) is 4.87. The van der Waals surface area contributed by atoms with Gasteiger partial charge < -0.3 is 11.1 Å². The maximum atomic E-state index is 6.80. The van der Waals surface area contributed by atoms with Crippen molar-refractivity contribution in [3.8, 4) is 0 Å². The molecule has 27 heavy (non-hydrogen) atoms. The minimum absolute atomic E-state index is 0.291. The normalized spacial score (nSPS) is 23.3. The molecule has 2 aliphatic rings. The monoisotopic (exact) mass is 363 g/mol. The van der Waals surface area contributed by atoms with E-state index in [4.69, 9.17) is 11.5 Å². The average molecular weight is 363 g/mol. The van der Waals surface area contributed by atoms with Crippen LogP contribution in [0.15, 0.2) is 54.2 Å². The summed E-state index contributed by atoms with van der Waals surface area (Å²) in [6.45, 7) is 3.23. The van der Waals surface area contributed by atoms with E-state index in [0.717, 1.165) is 36.3 Å². The van der Waals surface area contributed by atoms with Gasteiger partial charge in [-0.3, -0.25) is 10.6 Å². The van der Waals surface area contributed by atoms with E-state index < -0.39 is 5.66 Å². The minimum Gasteiger partial charge on any atom is -0.370 e. The fourth-order valence-corrected chi connectivity index (χ4v) is 3.78. The van der Waals surface area contributed by atoms with Crippen molar-refractivity contribution >= 4 is 11.5 Å². The van der Waals surface area contributed by atoms with Crippen LogP contribution in [0.2, 0.25) is 0 Å². The van der Waals surface area contributed by atoms with Crippen molar-refractivity contribution in [3.63, 3.8) is 0 Å². The molecule has 5 N–H and O–H groups in total. The summed E-state index contributed by atoms with van der Waals surface area (Å²) in [6.07, 6.45) is 10.6. The first-order valence-corrected chi connectivity index (χ1v) is 9.34. The fraction of sp³-hybridized carbons (Fsp3) is 0.350. The van der Waals surface area contributed by atoms with Gasteiger partial charge >= 0.3 is 0 Å². The van der Waals surface area contributed by atoms with Gasteiger partial charge in [-0.2, -0.15) is 0 Å². The van der Waals surface area contributed by atoms with Crippen molar-refractivity contribution < 1.29 is 0 Å². The number of nitrogens with two attached hydrogens (primary N) is 2. The summed E-state index contributed by atoms with van der Waals surface area (Å²) in [5, 5.41) is 2.96. The minimum atomic E-state index is -1.09. The molecule has 140 valence electrons. The number of aliphatic imine (C=N–C) groups is 1. The van der Waals surface area contributed by atoms with Gasteiger partial charge in [0.2, 0.25) is 0 Å². The van der Waals surface area contributed by atoms with E-state index in [1.807, 2.05) is 12.1 Å². The maximum Gasteiger partial charge on any atom is 0.195 e. The molecule has 2 aromatic rings. The van der Waals surface area contributed by atoms with Crippen LogP contribution in [0.4, 0.5) is 0 Å². The third-order valence-electron chi connectivity index (χ3n) is 5.17. The summed E-state index contributed by atoms with van der Waals surface area (Å²) in [6, 6.07) is 8.31. The molecule has 0 saturated carbocycles. The zero-order valence-electron chi connectivity index (χ0n) is 15.3. The molecule has 7 heteroatoms. The zero-order chi connectivity index (χ0) is 18.7. The lowest BCUT2D eigenvalue weighted by molar-refractivity contribution is 0.221. The molecule has 1 aromatic carbocycles. The van der Waals surface area contributed by atoms with Crippen LogP contribution < -0.4 is 16.8 Å². The number of nitrogens with one attached hydrogen (secondary N) is 1. The number of guanidine groups is 1. The van der Waals surface area contributed by atoms with Gasteiger partial charge in [0.25, 0.3) is 0 Å². The fourth-order valence-electron chi connectivity index (χ4n) is 3.78. The molecule has 3 heterocycles. The van der Waals surface area contributed by atoms with Crippen molar-refractivity contribution in [3.05, 3.63) is 65.9 Å². The van der Waals surface area contributed by atoms with Crippen molar-refractivity contribution in [2.24, 2.45) is 16.5 Å². The highest BCUT2D eigenvalue weighted by Crippen LogP contribution is 2.36. The summed E-state index contributed by atoms with van der Waals surface area (Å²) in [5.74, 6) is 0.291. The molecule has 4 rings (SSSR count). The second-order valence-electron chi connectivity index (χ2n) is 7.13. The van der Waals surface area contributed by atoms with Gasteiger partial charge in [-0.1, -0.05) is 30.7 Å². The maximum absolute atomic E-state index is 6.80. The first kappa shape index (κ1) is 17.6. The third-order valence-corrected chi connectivity index (χ3v) is 5.17.